The van der Waals surface area contributed by atoms with Gasteiger partial charge in [0.25, 0.3) is 0 Å². The number of hydrogen-bond donors (Lipinski definition) is 4. The number of rotatable bonds is 12. The smallest absolute Gasteiger partial charge is 1.00 e. The van der Waals surface area contributed by atoms with Crippen molar-refractivity contribution in [2.45, 2.75) is 63.3 Å². The van der Waals surface area contributed by atoms with Crippen LogP contribution >= 0.6 is 0 Å². The first-order valence-corrected chi connectivity index (χ1v) is 14.3. The average molecular weight is 623 g/mol. The number of nitrogens with zero attached hydrogens (tertiary/aromatic N) is 1. The Morgan fingerprint density at radius 1 is 0.907 bits per heavy atom. The van der Waals surface area contributed by atoms with Crippen molar-refractivity contribution in [2.24, 2.45) is 11.8 Å². The molecule has 4 N–H and O–H groups in total. The van der Waals surface area contributed by atoms with Crippen LogP contribution in [0.15, 0.2) is 78.9 Å². The maximum absolute atomic E-state index is 14.2. The van der Waals surface area contributed by atoms with Gasteiger partial charge in [0.1, 0.15) is 28.9 Å². The van der Waals surface area contributed by atoms with Crippen molar-refractivity contribution in [1.29, 1.82) is 0 Å². The zero-order valence-corrected chi connectivity index (χ0v) is 26.8. The SMILES string of the molecule is CC(C)C1(O)C(C(=O)Nc2cccc(F)c2)C(O)(c2ccccc2)C(c2ccc(F)cc2)N1CCCCCCC(=O)O.[Ca+2].[H-].[H-]. The Morgan fingerprint density at radius 2 is 1.56 bits per heavy atom. The molecule has 1 aliphatic rings. The van der Waals surface area contributed by atoms with Crippen LogP contribution in [0.3, 0.4) is 0 Å². The fourth-order valence-electron chi connectivity index (χ4n) is 6.26. The van der Waals surface area contributed by atoms with Gasteiger partial charge in [-0.15, -0.1) is 0 Å². The van der Waals surface area contributed by atoms with Crippen LogP contribution in [0.25, 0.3) is 0 Å². The number of aliphatic hydroxyl groups is 2. The Labute approximate surface area is 283 Å². The summed E-state index contributed by atoms with van der Waals surface area (Å²) < 4.78 is 28.1. The number of nitrogens with one attached hydrogen (secondary N) is 1. The van der Waals surface area contributed by atoms with Gasteiger partial charge in [0.2, 0.25) is 5.91 Å². The van der Waals surface area contributed by atoms with Crippen LogP contribution in [-0.2, 0) is 15.2 Å². The molecule has 7 nitrogen and oxygen atoms in total. The minimum atomic E-state index is -1.99. The van der Waals surface area contributed by atoms with E-state index in [-0.39, 0.29) is 59.2 Å². The fraction of sp³-hybridized carbons (Fsp3) is 0.394. The predicted octanol–water partition coefficient (Wildman–Crippen LogP) is 5.69. The monoisotopic (exact) mass is 622 g/mol. The third kappa shape index (κ3) is 7.46. The molecule has 10 heteroatoms. The van der Waals surface area contributed by atoms with Crippen LogP contribution in [0.4, 0.5) is 14.5 Å². The number of carboxylic acid groups (broad SMARTS) is 1. The summed E-state index contributed by atoms with van der Waals surface area (Å²) in [6, 6.07) is 18.7. The predicted molar refractivity (Wildman–Crippen MR) is 163 cm³/mol. The van der Waals surface area contributed by atoms with E-state index >= 15 is 0 Å². The number of unbranched alkanes of at least 4 members (excludes halogenated alkanes) is 3. The number of carbonyl (C=O) groups is 2. The molecule has 4 rings (SSSR count). The minimum Gasteiger partial charge on any atom is -1.00 e. The number of halogens is 2. The van der Waals surface area contributed by atoms with E-state index < -0.39 is 52.7 Å². The van der Waals surface area contributed by atoms with E-state index in [0.29, 0.717) is 36.8 Å². The van der Waals surface area contributed by atoms with Crippen LogP contribution < -0.4 is 5.32 Å². The van der Waals surface area contributed by atoms with Gasteiger partial charge >= 0.3 is 43.7 Å². The van der Waals surface area contributed by atoms with Crippen molar-refractivity contribution in [2.75, 3.05) is 11.9 Å². The van der Waals surface area contributed by atoms with E-state index in [0.717, 1.165) is 6.07 Å². The number of amides is 1. The number of carbonyl (C=O) groups excluding carboxylic acids is 1. The van der Waals surface area contributed by atoms with Crippen molar-refractivity contribution >= 4 is 55.3 Å². The molecular formula is C33H40CaF2N2O5. The Kier molecular flexibility index (Phi) is 12.3. The number of anilines is 1. The van der Waals surface area contributed by atoms with Gasteiger partial charge in [-0.3, -0.25) is 14.5 Å². The molecule has 1 amide bonds. The minimum absolute atomic E-state index is 0. The van der Waals surface area contributed by atoms with Gasteiger partial charge in [0.15, 0.2) is 0 Å². The van der Waals surface area contributed by atoms with E-state index in [1.807, 2.05) is 0 Å². The van der Waals surface area contributed by atoms with E-state index in [1.165, 1.54) is 30.3 Å². The maximum Gasteiger partial charge on any atom is 2.00 e. The second-order valence-electron chi connectivity index (χ2n) is 11.3. The van der Waals surface area contributed by atoms with Crippen molar-refractivity contribution in [3.63, 3.8) is 0 Å². The first-order valence-electron chi connectivity index (χ1n) is 14.3. The van der Waals surface area contributed by atoms with Gasteiger partial charge in [0, 0.05) is 18.7 Å². The quantitative estimate of drug-likeness (QED) is 0.153. The Bertz CT molecular complexity index is 1390. The first-order chi connectivity index (χ1) is 20.0. The normalized spacial score (nSPS) is 23.6. The molecule has 0 aliphatic carbocycles. The van der Waals surface area contributed by atoms with Crippen LogP contribution in [-0.4, -0.2) is 82.1 Å². The van der Waals surface area contributed by atoms with Crippen molar-refractivity contribution in [1.82, 2.24) is 4.90 Å². The van der Waals surface area contributed by atoms with E-state index in [4.69, 9.17) is 5.11 Å². The van der Waals surface area contributed by atoms with E-state index in [2.05, 4.69) is 5.32 Å². The van der Waals surface area contributed by atoms with Gasteiger partial charge < -0.3 is 23.5 Å². The first kappa shape index (κ1) is 35.1. The van der Waals surface area contributed by atoms with Crippen LogP contribution in [0.5, 0.6) is 0 Å². The Hall–Kier alpha value is -2.40. The molecule has 0 radical (unpaired) electrons. The summed E-state index contributed by atoms with van der Waals surface area (Å²) in [6.45, 7) is 3.80. The molecule has 0 spiro atoms. The molecule has 1 aliphatic heterocycles. The Morgan fingerprint density at radius 3 is 2.16 bits per heavy atom. The van der Waals surface area contributed by atoms with Crippen LogP contribution in [0.1, 0.15) is 66.0 Å². The summed E-state index contributed by atoms with van der Waals surface area (Å²) in [5.74, 6) is -4.58. The van der Waals surface area contributed by atoms with Gasteiger partial charge in [-0.25, -0.2) is 8.78 Å². The van der Waals surface area contributed by atoms with Crippen molar-refractivity contribution < 1.29 is 36.5 Å². The summed E-state index contributed by atoms with van der Waals surface area (Å²) in [4.78, 5) is 26.8. The zero-order valence-electron chi connectivity index (χ0n) is 26.5. The summed E-state index contributed by atoms with van der Waals surface area (Å²) in [6.07, 6.45) is 2.45. The molecule has 43 heavy (non-hydrogen) atoms. The molecule has 228 valence electrons. The van der Waals surface area contributed by atoms with Gasteiger partial charge in [-0.2, -0.15) is 0 Å². The summed E-state index contributed by atoms with van der Waals surface area (Å²) >= 11 is 0. The van der Waals surface area contributed by atoms with Crippen LogP contribution in [0, 0.1) is 23.5 Å². The summed E-state index contributed by atoms with van der Waals surface area (Å²) in [5.41, 5.74) is -2.80. The fourth-order valence-corrected chi connectivity index (χ4v) is 6.26. The number of hydrogen-bond acceptors (Lipinski definition) is 5. The molecule has 1 saturated heterocycles. The Balaban J connectivity index is 0.00000337. The molecule has 1 fully saturated rings. The van der Waals surface area contributed by atoms with Gasteiger partial charge in [-0.1, -0.05) is 75.2 Å². The summed E-state index contributed by atoms with van der Waals surface area (Å²) in [5, 5.41) is 37.2. The second kappa shape index (κ2) is 15.1. The topological polar surface area (TPSA) is 110 Å². The molecule has 0 saturated carbocycles. The molecule has 3 aromatic rings. The third-order valence-corrected chi connectivity index (χ3v) is 8.22. The number of likely N-dealkylation sites (tertiary alicyclic amines) is 1. The molecule has 4 unspecified atom stereocenters. The molecule has 0 aromatic heterocycles. The molecule has 1 heterocycles. The molecule has 3 aromatic carbocycles. The molecule has 0 bridgehead atoms. The van der Waals surface area contributed by atoms with Gasteiger partial charge in [-0.05, 0) is 60.2 Å². The third-order valence-electron chi connectivity index (χ3n) is 8.22. The number of carboxylic acids is 1. The van der Waals surface area contributed by atoms with Crippen LogP contribution in [0.2, 0.25) is 0 Å². The van der Waals surface area contributed by atoms with Gasteiger partial charge in [0.05, 0.1) is 6.04 Å². The van der Waals surface area contributed by atoms with Crippen molar-refractivity contribution in [3.8, 4) is 0 Å². The van der Waals surface area contributed by atoms with Crippen molar-refractivity contribution in [3.05, 3.63) is 102 Å². The standard InChI is InChI=1S/C33H38F2N2O5.Ca.2H/c1-22(2)33(42)29(31(40)36-27-14-10-13-26(35)21-27)32(41,24-11-6-5-7-12-24)30(23-16-18-25(34)19-17-23)37(33)20-9-4-3-8-15-28(38)39;;;/h5-7,10-14,16-19,21-22,29-30,41-42H,3-4,8-9,15,20H2,1-2H3,(H,36,40)(H,38,39);;;/q;+2;2*-1. The zero-order chi connectivity index (χ0) is 30.5. The largest absolute Gasteiger partial charge is 2.00 e. The molecule has 4 atom stereocenters. The number of aliphatic carboxylic acids is 1. The second-order valence-corrected chi connectivity index (χ2v) is 11.3. The van der Waals surface area contributed by atoms with E-state index in [9.17, 15) is 28.6 Å². The number of benzene rings is 3. The average Bonchev–Trinajstić information content (AvgIpc) is 3.16. The maximum atomic E-state index is 14.2. The summed E-state index contributed by atoms with van der Waals surface area (Å²) in [7, 11) is 0. The van der Waals surface area contributed by atoms with E-state index in [1.54, 1.807) is 61.2 Å². The molecular weight excluding hydrogens is 582 g/mol.